The van der Waals surface area contributed by atoms with Crippen molar-refractivity contribution in [3.05, 3.63) is 57.2 Å². The Bertz CT molecular complexity index is 830. The molecule has 2 aromatic carbocycles. The van der Waals surface area contributed by atoms with Gasteiger partial charge in [-0.3, -0.25) is 15.0 Å². The van der Waals surface area contributed by atoms with E-state index in [9.17, 15) is 19.8 Å². The van der Waals surface area contributed by atoms with Crippen LogP contribution in [0.4, 0.5) is 5.69 Å². The van der Waals surface area contributed by atoms with E-state index in [0.29, 0.717) is 11.3 Å². The molecule has 2 amide bonds. The second-order valence-corrected chi connectivity index (χ2v) is 6.11. The van der Waals surface area contributed by atoms with Gasteiger partial charge in [-0.05, 0) is 70.6 Å². The van der Waals surface area contributed by atoms with E-state index in [1.165, 1.54) is 29.3 Å². The highest BCUT2D eigenvalue weighted by atomic mass is 127. The van der Waals surface area contributed by atoms with Crippen LogP contribution in [0.2, 0.25) is 0 Å². The predicted octanol–water partition coefficient (Wildman–Crippen LogP) is 2.16. The number of halogens is 1. The van der Waals surface area contributed by atoms with Gasteiger partial charge >= 0.3 is 0 Å². The summed E-state index contributed by atoms with van der Waals surface area (Å²) in [6.07, 6.45) is 1.36. The Morgan fingerprint density at radius 3 is 2.35 bits per heavy atom. The van der Waals surface area contributed by atoms with Gasteiger partial charge in [0.1, 0.15) is 5.57 Å². The van der Waals surface area contributed by atoms with Gasteiger partial charge in [0.15, 0.2) is 11.5 Å². The molecule has 3 N–H and O–H groups in total. The zero-order valence-electron chi connectivity index (χ0n) is 11.7. The number of aromatic hydroxyl groups is 2. The number of amides is 2. The Morgan fingerprint density at radius 2 is 1.70 bits per heavy atom. The monoisotopic (exact) mass is 422 g/mol. The van der Waals surface area contributed by atoms with E-state index in [1.807, 2.05) is 12.1 Å². The lowest BCUT2D eigenvalue weighted by Gasteiger charge is -2.14. The predicted molar refractivity (Wildman–Crippen MR) is 92.5 cm³/mol. The molecule has 0 aromatic heterocycles. The third-order valence-corrected chi connectivity index (χ3v) is 4.01. The third kappa shape index (κ3) is 3.00. The number of benzene rings is 2. The highest BCUT2D eigenvalue weighted by Crippen LogP contribution is 2.27. The van der Waals surface area contributed by atoms with Crippen LogP contribution in [0.25, 0.3) is 6.08 Å². The summed E-state index contributed by atoms with van der Waals surface area (Å²) in [5.41, 5.74) is 3.44. The highest BCUT2D eigenvalue weighted by molar-refractivity contribution is 14.1. The summed E-state index contributed by atoms with van der Waals surface area (Å²) in [5.74, 6) is -1.60. The molecule has 0 radical (unpaired) electrons. The normalized spacial score (nSPS) is 16.0. The fraction of sp³-hybridized carbons (Fsp3) is 0. The van der Waals surface area contributed by atoms with Crippen LogP contribution in [0.5, 0.6) is 11.5 Å². The van der Waals surface area contributed by atoms with E-state index in [4.69, 9.17) is 0 Å². The Kier molecular flexibility index (Phi) is 3.95. The number of carbonyl (C=O) groups is 2. The molecule has 2 aromatic rings. The van der Waals surface area contributed by atoms with Crippen molar-refractivity contribution in [2.75, 3.05) is 5.01 Å². The quantitative estimate of drug-likeness (QED) is 0.300. The van der Waals surface area contributed by atoms with E-state index < -0.39 is 11.8 Å². The van der Waals surface area contributed by atoms with Gasteiger partial charge in [-0.2, -0.15) is 0 Å². The summed E-state index contributed by atoms with van der Waals surface area (Å²) in [4.78, 5) is 24.5. The van der Waals surface area contributed by atoms with Crippen molar-refractivity contribution in [3.8, 4) is 11.5 Å². The molecule has 1 heterocycles. The summed E-state index contributed by atoms with van der Waals surface area (Å²) in [5, 5.41) is 20.0. The van der Waals surface area contributed by atoms with Crippen LogP contribution in [0.3, 0.4) is 0 Å². The smallest absolute Gasteiger partial charge is 0.282 e. The molecule has 23 heavy (non-hydrogen) atoms. The van der Waals surface area contributed by atoms with Gasteiger partial charge in [-0.15, -0.1) is 0 Å². The number of phenols is 2. The van der Waals surface area contributed by atoms with Gasteiger partial charge in [0.05, 0.1) is 5.69 Å². The number of hydrazine groups is 1. The highest BCUT2D eigenvalue weighted by Gasteiger charge is 2.34. The first-order valence-corrected chi connectivity index (χ1v) is 7.68. The van der Waals surface area contributed by atoms with E-state index in [2.05, 4.69) is 28.0 Å². The standard InChI is InChI=1S/C16H11IN2O4/c17-10-2-4-11(5-3-10)19-16(23)12(15(22)18-19)7-9-1-6-13(20)14(21)8-9/h1-8,20-21H,(H,18,22)/b12-7-. The number of phenolic OH excluding ortho intramolecular Hbond substituents is 2. The minimum Gasteiger partial charge on any atom is -0.504 e. The van der Waals surface area contributed by atoms with Crippen LogP contribution in [0.15, 0.2) is 48.0 Å². The fourth-order valence-corrected chi connectivity index (χ4v) is 2.49. The number of carbonyl (C=O) groups excluding carboxylic acids is 2. The van der Waals surface area contributed by atoms with Gasteiger partial charge in [0, 0.05) is 3.57 Å². The van der Waals surface area contributed by atoms with Gasteiger partial charge in [-0.25, -0.2) is 5.01 Å². The van der Waals surface area contributed by atoms with Gasteiger partial charge in [0.25, 0.3) is 11.8 Å². The molecule has 3 rings (SSSR count). The van der Waals surface area contributed by atoms with Crippen molar-refractivity contribution in [2.24, 2.45) is 0 Å². The molecule has 1 fully saturated rings. The largest absolute Gasteiger partial charge is 0.504 e. The van der Waals surface area contributed by atoms with Crippen molar-refractivity contribution in [1.82, 2.24) is 5.43 Å². The van der Waals surface area contributed by atoms with Crippen LogP contribution in [0, 0.1) is 3.57 Å². The first-order valence-electron chi connectivity index (χ1n) is 6.60. The number of nitrogens with one attached hydrogen (secondary N) is 1. The lowest BCUT2D eigenvalue weighted by molar-refractivity contribution is -0.117. The van der Waals surface area contributed by atoms with Gasteiger partial charge in [0.2, 0.25) is 0 Å². The zero-order valence-corrected chi connectivity index (χ0v) is 13.8. The number of nitrogens with zero attached hydrogens (tertiary/aromatic N) is 1. The Hall–Kier alpha value is -2.55. The minimum atomic E-state index is -0.527. The molecule has 1 aliphatic heterocycles. The van der Waals surface area contributed by atoms with Gasteiger partial charge in [-0.1, -0.05) is 6.07 Å². The van der Waals surface area contributed by atoms with Crippen LogP contribution >= 0.6 is 22.6 Å². The summed E-state index contributed by atoms with van der Waals surface area (Å²) >= 11 is 2.15. The molecular weight excluding hydrogens is 411 g/mol. The lowest BCUT2D eigenvalue weighted by Crippen LogP contribution is -2.35. The lowest BCUT2D eigenvalue weighted by atomic mass is 10.1. The second kappa shape index (κ2) is 5.92. The summed E-state index contributed by atoms with van der Waals surface area (Å²) in [7, 11) is 0. The Balaban J connectivity index is 1.93. The van der Waals surface area contributed by atoms with E-state index in [-0.39, 0.29) is 17.1 Å². The molecule has 0 aliphatic carbocycles. The average molecular weight is 422 g/mol. The molecular formula is C16H11IN2O4. The topological polar surface area (TPSA) is 89.9 Å². The summed E-state index contributed by atoms with van der Waals surface area (Å²) in [6.45, 7) is 0. The SMILES string of the molecule is O=C1NN(c2ccc(I)cc2)C(=O)/C1=C\c1ccc(O)c(O)c1. The molecule has 116 valence electrons. The maximum absolute atomic E-state index is 12.4. The number of rotatable bonds is 2. The van der Waals surface area contributed by atoms with E-state index in [1.54, 1.807) is 12.1 Å². The maximum atomic E-state index is 12.4. The van der Waals surface area contributed by atoms with E-state index >= 15 is 0 Å². The molecule has 0 unspecified atom stereocenters. The molecule has 0 saturated carbocycles. The van der Waals surface area contributed by atoms with Crippen LogP contribution in [-0.4, -0.2) is 22.0 Å². The second-order valence-electron chi connectivity index (χ2n) is 4.86. The van der Waals surface area contributed by atoms with E-state index in [0.717, 1.165) is 3.57 Å². The third-order valence-electron chi connectivity index (χ3n) is 3.29. The molecule has 6 nitrogen and oxygen atoms in total. The van der Waals surface area contributed by atoms with Gasteiger partial charge < -0.3 is 10.2 Å². The Morgan fingerprint density at radius 1 is 1.00 bits per heavy atom. The van der Waals surface area contributed by atoms with Crippen molar-refractivity contribution in [1.29, 1.82) is 0 Å². The zero-order chi connectivity index (χ0) is 16.6. The fourth-order valence-electron chi connectivity index (χ4n) is 2.13. The molecule has 0 bridgehead atoms. The summed E-state index contributed by atoms with van der Waals surface area (Å²) < 4.78 is 1.01. The number of anilines is 1. The van der Waals surface area contributed by atoms with Crippen LogP contribution < -0.4 is 10.4 Å². The van der Waals surface area contributed by atoms with Crippen LogP contribution in [-0.2, 0) is 9.59 Å². The number of hydrogen-bond donors (Lipinski definition) is 3. The minimum absolute atomic E-state index is 0.0476. The molecule has 0 atom stereocenters. The van der Waals surface area contributed by atoms with Crippen molar-refractivity contribution < 1.29 is 19.8 Å². The average Bonchev–Trinajstić information content (AvgIpc) is 2.80. The molecule has 7 heteroatoms. The molecule has 0 spiro atoms. The van der Waals surface area contributed by atoms with Crippen LogP contribution in [0.1, 0.15) is 5.56 Å². The molecule has 1 aliphatic rings. The maximum Gasteiger partial charge on any atom is 0.282 e. The summed E-state index contributed by atoms with van der Waals surface area (Å²) in [6, 6.07) is 11.2. The van der Waals surface area contributed by atoms with Crippen molar-refractivity contribution >= 4 is 46.2 Å². The first-order chi connectivity index (χ1) is 11.0. The number of hydrogen-bond acceptors (Lipinski definition) is 4. The van der Waals surface area contributed by atoms with Crippen molar-refractivity contribution in [3.63, 3.8) is 0 Å². The van der Waals surface area contributed by atoms with Crippen molar-refractivity contribution in [2.45, 2.75) is 0 Å². The first kappa shape index (κ1) is 15.3. The molecule has 1 saturated heterocycles. The Labute approximate surface area is 145 Å².